The molecule has 0 radical (unpaired) electrons. The molecule has 39 heavy (non-hydrogen) atoms. The summed E-state index contributed by atoms with van der Waals surface area (Å²) in [6, 6.07) is 13.9. The molecule has 0 aliphatic carbocycles. The molecule has 1 aliphatic heterocycles. The number of para-hydroxylation sites is 1. The number of carbonyl (C=O) groups excluding carboxylic acids is 1. The molecule has 0 unspecified atom stereocenters. The van der Waals surface area contributed by atoms with Gasteiger partial charge in [0, 0.05) is 43.9 Å². The first kappa shape index (κ1) is 26.2. The Balaban J connectivity index is 1.36. The van der Waals surface area contributed by atoms with Gasteiger partial charge in [0.15, 0.2) is 0 Å². The van der Waals surface area contributed by atoms with Gasteiger partial charge in [-0.2, -0.15) is 23.3 Å². The summed E-state index contributed by atoms with van der Waals surface area (Å²) in [5.41, 5.74) is 1.79. The highest BCUT2D eigenvalue weighted by Crippen LogP contribution is 2.36. The van der Waals surface area contributed by atoms with Crippen LogP contribution in [0.3, 0.4) is 0 Å². The van der Waals surface area contributed by atoms with Gasteiger partial charge in [-0.05, 0) is 42.7 Å². The number of nitrogens with zero attached hydrogens (tertiary/aromatic N) is 4. The Morgan fingerprint density at radius 1 is 1.00 bits per heavy atom. The Hall–Kier alpha value is -4.45. The molecule has 1 aliphatic rings. The normalized spacial score (nSPS) is 14.2. The second-order valence-corrected chi connectivity index (χ2v) is 8.96. The average Bonchev–Trinajstić information content (AvgIpc) is 3.44. The lowest BCUT2D eigenvalue weighted by molar-refractivity contribution is -0.137. The van der Waals surface area contributed by atoms with E-state index in [9.17, 15) is 18.0 Å². The zero-order valence-electron chi connectivity index (χ0n) is 21.0. The van der Waals surface area contributed by atoms with E-state index in [1.54, 1.807) is 24.3 Å². The topological polar surface area (TPSA) is 106 Å². The summed E-state index contributed by atoms with van der Waals surface area (Å²) >= 11 is 0. The first-order valence-corrected chi connectivity index (χ1v) is 12.3. The summed E-state index contributed by atoms with van der Waals surface area (Å²) in [7, 11) is 1.44. The van der Waals surface area contributed by atoms with Crippen LogP contribution in [0, 0.1) is 0 Å². The molecule has 2 aromatic carbocycles. The smallest absolute Gasteiger partial charge is 0.381 e. The van der Waals surface area contributed by atoms with E-state index in [2.05, 4.69) is 31.0 Å². The molecule has 9 nitrogen and oxygen atoms in total. The number of halogens is 3. The second kappa shape index (κ2) is 11.1. The fraction of sp³-hybridized carbons (Fsp3) is 0.259. The van der Waals surface area contributed by atoms with Gasteiger partial charge in [-0.25, -0.2) is 4.98 Å². The van der Waals surface area contributed by atoms with Crippen molar-refractivity contribution in [3.05, 3.63) is 78.2 Å². The summed E-state index contributed by atoms with van der Waals surface area (Å²) < 4.78 is 48.6. The zero-order chi connectivity index (χ0) is 27.4. The Labute approximate surface area is 222 Å². The molecule has 4 aromatic rings. The van der Waals surface area contributed by atoms with E-state index < -0.39 is 23.5 Å². The summed E-state index contributed by atoms with van der Waals surface area (Å²) in [5, 5.41) is 12.6. The number of aromatic nitrogens is 4. The van der Waals surface area contributed by atoms with Crippen molar-refractivity contribution in [3.63, 3.8) is 0 Å². The van der Waals surface area contributed by atoms with Crippen molar-refractivity contribution in [2.75, 3.05) is 30.9 Å². The molecule has 1 fully saturated rings. The Morgan fingerprint density at radius 2 is 1.74 bits per heavy atom. The van der Waals surface area contributed by atoms with E-state index in [0.29, 0.717) is 17.9 Å². The predicted molar refractivity (Wildman–Crippen MR) is 140 cm³/mol. The fourth-order valence-electron chi connectivity index (χ4n) is 4.31. The molecule has 2 aromatic heterocycles. The van der Waals surface area contributed by atoms with Gasteiger partial charge < -0.3 is 20.7 Å². The van der Waals surface area contributed by atoms with Crippen molar-refractivity contribution in [1.82, 2.24) is 25.1 Å². The van der Waals surface area contributed by atoms with Gasteiger partial charge in [0.1, 0.15) is 11.4 Å². The summed E-state index contributed by atoms with van der Waals surface area (Å²) in [4.78, 5) is 20.1. The van der Waals surface area contributed by atoms with Gasteiger partial charge in [0.05, 0.1) is 23.5 Å². The highest BCUT2D eigenvalue weighted by Gasteiger charge is 2.35. The minimum absolute atomic E-state index is 0.0389. The molecule has 12 heteroatoms. The van der Waals surface area contributed by atoms with E-state index >= 15 is 0 Å². The Bertz CT molecular complexity index is 1450. The molecule has 0 atom stereocenters. The Morgan fingerprint density at radius 3 is 2.46 bits per heavy atom. The number of rotatable bonds is 7. The second-order valence-electron chi connectivity index (χ2n) is 8.96. The third-order valence-electron chi connectivity index (χ3n) is 6.39. The van der Waals surface area contributed by atoms with Crippen molar-refractivity contribution in [2.24, 2.45) is 0 Å². The number of benzene rings is 2. The van der Waals surface area contributed by atoms with Crippen LogP contribution in [0.2, 0.25) is 0 Å². The van der Waals surface area contributed by atoms with Crippen LogP contribution in [0.5, 0.6) is 0 Å². The molecule has 1 amide bonds. The maximum Gasteiger partial charge on any atom is 0.421 e. The molecular formula is C27H26F3N7O2. The van der Waals surface area contributed by atoms with Gasteiger partial charge in [0.25, 0.3) is 5.91 Å². The third kappa shape index (κ3) is 6.01. The summed E-state index contributed by atoms with van der Waals surface area (Å²) in [5.74, 6) is -0.964. The lowest BCUT2D eigenvalue weighted by atomic mass is 10.1. The number of nitrogens with one attached hydrogen (secondary N) is 3. The maximum absolute atomic E-state index is 13.7. The number of alkyl halides is 3. The molecule has 1 saturated heterocycles. The maximum atomic E-state index is 13.7. The molecular weight excluding hydrogens is 511 g/mol. The largest absolute Gasteiger partial charge is 0.421 e. The number of hydrogen-bond donors (Lipinski definition) is 3. The van der Waals surface area contributed by atoms with Gasteiger partial charge in [0.2, 0.25) is 5.95 Å². The van der Waals surface area contributed by atoms with Crippen molar-refractivity contribution in [2.45, 2.75) is 25.1 Å². The van der Waals surface area contributed by atoms with Gasteiger partial charge in [-0.1, -0.05) is 24.3 Å². The number of ether oxygens (including phenoxy) is 1. The molecule has 5 rings (SSSR count). The van der Waals surface area contributed by atoms with Crippen molar-refractivity contribution >= 4 is 29.0 Å². The lowest BCUT2D eigenvalue weighted by Gasteiger charge is -2.22. The molecule has 202 valence electrons. The highest BCUT2D eigenvalue weighted by molar-refractivity contribution is 6.00. The SMILES string of the molecule is CNC(=O)c1ccccc1Nc1nc(Nc2ccc(-c3cnn(C4CCOCC4)c3)cc2)ncc1C(F)(F)F. The van der Waals surface area contributed by atoms with E-state index in [1.165, 1.54) is 19.2 Å². The van der Waals surface area contributed by atoms with Crippen LogP contribution in [0.4, 0.5) is 36.3 Å². The first-order chi connectivity index (χ1) is 18.8. The predicted octanol–water partition coefficient (Wildman–Crippen LogP) is 5.56. The van der Waals surface area contributed by atoms with Crippen molar-refractivity contribution < 1.29 is 22.7 Å². The quantitative estimate of drug-likeness (QED) is 0.284. The third-order valence-corrected chi connectivity index (χ3v) is 6.39. The number of carbonyl (C=O) groups is 1. The lowest BCUT2D eigenvalue weighted by Crippen LogP contribution is -2.20. The monoisotopic (exact) mass is 537 g/mol. The summed E-state index contributed by atoms with van der Waals surface area (Å²) in [6.07, 6.45) is 1.66. The van der Waals surface area contributed by atoms with Crippen LogP contribution in [-0.2, 0) is 10.9 Å². The van der Waals surface area contributed by atoms with Crippen LogP contribution < -0.4 is 16.0 Å². The number of amides is 1. The molecule has 0 spiro atoms. The molecule has 0 bridgehead atoms. The first-order valence-electron chi connectivity index (χ1n) is 12.3. The van der Waals surface area contributed by atoms with Gasteiger partial charge >= 0.3 is 6.18 Å². The van der Waals surface area contributed by atoms with Crippen LogP contribution in [0.15, 0.2) is 67.1 Å². The standard InChI is InChI=1S/C27H26F3N7O2/c1-31-25(38)21-4-2-3-5-23(21)35-24-22(27(28,29)30)15-32-26(36-24)34-19-8-6-17(7-9-19)18-14-33-37(16-18)20-10-12-39-13-11-20/h2-9,14-16,20H,10-13H2,1H3,(H,31,38)(H2,32,34,35,36). The molecule has 3 N–H and O–H groups in total. The van der Waals surface area contributed by atoms with Gasteiger partial charge in [-0.3, -0.25) is 9.48 Å². The average molecular weight is 538 g/mol. The number of hydrogen-bond acceptors (Lipinski definition) is 7. The number of anilines is 4. The van der Waals surface area contributed by atoms with Crippen LogP contribution in [0.25, 0.3) is 11.1 Å². The highest BCUT2D eigenvalue weighted by atomic mass is 19.4. The summed E-state index contributed by atoms with van der Waals surface area (Å²) in [6.45, 7) is 1.45. The Kier molecular flexibility index (Phi) is 7.46. The van der Waals surface area contributed by atoms with Crippen LogP contribution in [0.1, 0.15) is 34.8 Å². The molecule has 0 saturated carbocycles. The van der Waals surface area contributed by atoms with Crippen molar-refractivity contribution in [3.8, 4) is 11.1 Å². The van der Waals surface area contributed by atoms with E-state index in [4.69, 9.17) is 4.74 Å². The molecule has 3 heterocycles. The van der Waals surface area contributed by atoms with Crippen molar-refractivity contribution in [1.29, 1.82) is 0 Å². The van der Waals surface area contributed by atoms with Gasteiger partial charge in [-0.15, -0.1) is 0 Å². The van der Waals surface area contributed by atoms with Crippen LogP contribution >= 0.6 is 0 Å². The van der Waals surface area contributed by atoms with E-state index in [0.717, 1.165) is 37.2 Å². The van der Waals surface area contributed by atoms with E-state index in [-0.39, 0.29) is 17.2 Å². The minimum atomic E-state index is -4.71. The minimum Gasteiger partial charge on any atom is -0.381 e. The van der Waals surface area contributed by atoms with E-state index in [1.807, 2.05) is 29.2 Å². The van der Waals surface area contributed by atoms with Crippen LogP contribution in [-0.4, -0.2) is 45.9 Å². The zero-order valence-corrected chi connectivity index (χ0v) is 21.0. The fourth-order valence-corrected chi connectivity index (χ4v) is 4.31.